The van der Waals surface area contributed by atoms with Crippen molar-refractivity contribution in [2.45, 2.75) is 38.0 Å². The number of allylic oxidation sites excluding steroid dienone is 2. The molecule has 1 atom stereocenters. The first-order valence-electron chi connectivity index (χ1n) is 6.03. The maximum absolute atomic E-state index is 13.3. The first-order chi connectivity index (χ1) is 8.15. The van der Waals surface area contributed by atoms with E-state index in [4.69, 9.17) is 5.26 Å². The van der Waals surface area contributed by atoms with Gasteiger partial charge in [-0.2, -0.15) is 5.26 Å². The van der Waals surface area contributed by atoms with Gasteiger partial charge in [0.05, 0.1) is 5.56 Å². The van der Waals surface area contributed by atoms with Crippen LogP contribution < -0.4 is 0 Å². The average Bonchev–Trinajstić information content (AvgIpc) is 2.55. The summed E-state index contributed by atoms with van der Waals surface area (Å²) in [5.74, 6) is -0.433. The minimum absolute atomic E-state index is 0.0597. The molecule has 1 aromatic carbocycles. The number of benzene rings is 1. The van der Waals surface area contributed by atoms with Crippen LogP contribution in [0.15, 0.2) is 30.4 Å². The van der Waals surface area contributed by atoms with Gasteiger partial charge in [0.15, 0.2) is 0 Å². The Morgan fingerprint density at radius 3 is 2.94 bits per heavy atom. The predicted octanol–water partition coefficient (Wildman–Crippen LogP) is 4.09. The van der Waals surface area contributed by atoms with Crippen molar-refractivity contribution in [2.75, 3.05) is 0 Å². The molecule has 0 aliphatic heterocycles. The molecule has 17 heavy (non-hydrogen) atoms. The lowest BCUT2D eigenvalue weighted by Gasteiger charge is -2.26. The van der Waals surface area contributed by atoms with Crippen molar-refractivity contribution < 1.29 is 4.39 Å². The number of nitrogens with zero attached hydrogens (tertiary/aromatic N) is 1. The molecule has 1 aromatic rings. The van der Waals surface area contributed by atoms with Crippen LogP contribution in [0.2, 0.25) is 0 Å². The van der Waals surface area contributed by atoms with Crippen molar-refractivity contribution in [3.05, 3.63) is 47.3 Å². The molecule has 0 unspecified atom stereocenters. The smallest absolute Gasteiger partial charge is 0.140 e. The fourth-order valence-electron chi connectivity index (χ4n) is 2.39. The van der Waals surface area contributed by atoms with E-state index in [-0.39, 0.29) is 11.0 Å². The zero-order valence-corrected chi connectivity index (χ0v) is 10.0. The first kappa shape index (κ1) is 11.9. The van der Waals surface area contributed by atoms with Crippen molar-refractivity contribution in [1.82, 2.24) is 0 Å². The second-order valence-corrected chi connectivity index (χ2v) is 4.87. The molecule has 2 heteroatoms. The SMILES string of the molecule is C[C@]1(c2ccc(F)c(C#N)c2)C=CCCCC1. The minimum Gasteiger partial charge on any atom is -0.206 e. The van der Waals surface area contributed by atoms with Crippen LogP contribution in [-0.2, 0) is 5.41 Å². The Labute approximate surface area is 102 Å². The second-order valence-electron chi connectivity index (χ2n) is 4.87. The van der Waals surface area contributed by atoms with Crippen molar-refractivity contribution in [1.29, 1.82) is 5.26 Å². The molecule has 0 fully saturated rings. The van der Waals surface area contributed by atoms with E-state index < -0.39 is 5.82 Å². The third kappa shape index (κ3) is 2.39. The molecule has 1 nitrogen and oxygen atoms in total. The first-order valence-corrected chi connectivity index (χ1v) is 6.03. The van der Waals surface area contributed by atoms with Crippen molar-refractivity contribution in [2.24, 2.45) is 0 Å². The summed E-state index contributed by atoms with van der Waals surface area (Å²) in [6.45, 7) is 2.16. The van der Waals surface area contributed by atoms with E-state index in [1.807, 2.05) is 6.07 Å². The summed E-state index contributed by atoms with van der Waals surface area (Å²) < 4.78 is 13.3. The molecule has 0 bridgehead atoms. The number of halogens is 1. The van der Waals surface area contributed by atoms with Gasteiger partial charge in [-0.3, -0.25) is 0 Å². The van der Waals surface area contributed by atoms with Crippen LogP contribution in [-0.4, -0.2) is 0 Å². The summed E-state index contributed by atoms with van der Waals surface area (Å²) in [6.07, 6.45) is 8.94. The Kier molecular flexibility index (Phi) is 3.28. The number of nitriles is 1. The molecule has 0 spiro atoms. The third-order valence-corrected chi connectivity index (χ3v) is 3.55. The highest BCUT2D eigenvalue weighted by Gasteiger charge is 2.25. The standard InChI is InChI=1S/C15H16FN/c1-15(8-4-2-3-5-9-15)13-6-7-14(16)12(10-13)11-17/h4,6-8,10H,2-3,5,9H2,1H3/t15-/m0/s1. The zero-order valence-electron chi connectivity index (χ0n) is 10.0. The Morgan fingerprint density at radius 1 is 1.35 bits per heavy atom. The van der Waals surface area contributed by atoms with Gasteiger partial charge >= 0.3 is 0 Å². The van der Waals surface area contributed by atoms with Crippen molar-refractivity contribution >= 4 is 0 Å². The van der Waals surface area contributed by atoms with Crippen LogP contribution in [0.1, 0.15) is 43.7 Å². The van der Waals surface area contributed by atoms with E-state index in [1.165, 1.54) is 18.9 Å². The zero-order chi connectivity index (χ0) is 12.3. The molecule has 0 aromatic heterocycles. The lowest BCUT2D eigenvalue weighted by atomic mass is 9.78. The average molecular weight is 229 g/mol. The molecule has 0 radical (unpaired) electrons. The van der Waals surface area contributed by atoms with E-state index in [0.29, 0.717) is 0 Å². The summed E-state index contributed by atoms with van der Waals surface area (Å²) in [4.78, 5) is 0. The van der Waals surface area contributed by atoms with Gasteiger partial charge in [0.25, 0.3) is 0 Å². The van der Waals surface area contributed by atoms with Gasteiger partial charge in [0.1, 0.15) is 11.9 Å². The van der Waals surface area contributed by atoms with Gasteiger partial charge in [-0.15, -0.1) is 0 Å². The quantitative estimate of drug-likeness (QED) is 0.665. The highest BCUT2D eigenvalue weighted by Crippen LogP contribution is 2.34. The molecule has 0 heterocycles. The van der Waals surface area contributed by atoms with Crippen molar-refractivity contribution in [3.8, 4) is 6.07 Å². The van der Waals surface area contributed by atoms with E-state index in [9.17, 15) is 4.39 Å². The predicted molar refractivity (Wildman–Crippen MR) is 66.1 cm³/mol. The Balaban J connectivity index is 2.42. The number of hydrogen-bond donors (Lipinski definition) is 0. The van der Waals surface area contributed by atoms with Gasteiger partial charge in [0.2, 0.25) is 0 Å². The van der Waals surface area contributed by atoms with E-state index >= 15 is 0 Å². The Morgan fingerprint density at radius 2 is 2.18 bits per heavy atom. The van der Waals surface area contributed by atoms with Crippen LogP contribution in [0.5, 0.6) is 0 Å². The molecule has 0 amide bonds. The number of rotatable bonds is 1. The van der Waals surface area contributed by atoms with Gasteiger partial charge in [-0.1, -0.05) is 31.6 Å². The molecule has 88 valence electrons. The van der Waals surface area contributed by atoms with Crippen LogP contribution in [0, 0.1) is 17.1 Å². The topological polar surface area (TPSA) is 23.8 Å². The largest absolute Gasteiger partial charge is 0.206 e. The fraction of sp³-hybridized carbons (Fsp3) is 0.400. The highest BCUT2D eigenvalue weighted by atomic mass is 19.1. The normalized spacial score (nSPS) is 24.1. The molecular weight excluding hydrogens is 213 g/mol. The molecule has 0 N–H and O–H groups in total. The lowest BCUT2D eigenvalue weighted by molar-refractivity contribution is 0.516. The molecular formula is C15H16FN. The van der Waals surface area contributed by atoms with Gasteiger partial charge in [0, 0.05) is 5.41 Å². The van der Waals surface area contributed by atoms with E-state index in [0.717, 1.165) is 18.4 Å². The summed E-state index contributed by atoms with van der Waals surface area (Å²) in [7, 11) is 0. The van der Waals surface area contributed by atoms with Gasteiger partial charge in [-0.05, 0) is 37.0 Å². The Hall–Kier alpha value is -1.62. The monoisotopic (exact) mass is 229 g/mol. The molecule has 1 aliphatic carbocycles. The van der Waals surface area contributed by atoms with Crippen LogP contribution in [0.25, 0.3) is 0 Å². The second kappa shape index (κ2) is 4.71. The molecule has 0 saturated heterocycles. The minimum atomic E-state index is -0.433. The molecule has 2 rings (SSSR count). The highest BCUT2D eigenvalue weighted by molar-refractivity contribution is 5.40. The lowest BCUT2D eigenvalue weighted by Crippen LogP contribution is -2.18. The molecule has 1 aliphatic rings. The van der Waals surface area contributed by atoms with Gasteiger partial charge < -0.3 is 0 Å². The maximum Gasteiger partial charge on any atom is 0.140 e. The number of hydrogen-bond acceptors (Lipinski definition) is 1. The molecule has 0 saturated carbocycles. The van der Waals surface area contributed by atoms with E-state index in [1.54, 1.807) is 12.1 Å². The fourth-order valence-corrected chi connectivity index (χ4v) is 2.39. The third-order valence-electron chi connectivity index (χ3n) is 3.55. The summed E-state index contributed by atoms with van der Waals surface area (Å²) in [6, 6.07) is 6.79. The van der Waals surface area contributed by atoms with Crippen LogP contribution in [0.4, 0.5) is 4.39 Å². The maximum atomic E-state index is 13.3. The Bertz CT molecular complexity index is 484. The van der Waals surface area contributed by atoms with Crippen LogP contribution in [0.3, 0.4) is 0 Å². The van der Waals surface area contributed by atoms with Gasteiger partial charge in [-0.25, -0.2) is 4.39 Å². The van der Waals surface area contributed by atoms with Crippen molar-refractivity contribution in [3.63, 3.8) is 0 Å². The van der Waals surface area contributed by atoms with Crippen LogP contribution >= 0.6 is 0 Å². The van der Waals surface area contributed by atoms with E-state index in [2.05, 4.69) is 19.1 Å². The summed E-state index contributed by atoms with van der Waals surface area (Å²) in [5, 5.41) is 8.87. The summed E-state index contributed by atoms with van der Waals surface area (Å²) in [5.41, 5.74) is 1.12. The summed E-state index contributed by atoms with van der Waals surface area (Å²) >= 11 is 0.